The molecule has 0 unspecified atom stereocenters. The quantitative estimate of drug-likeness (QED) is 0.398. The lowest BCUT2D eigenvalue weighted by Crippen LogP contribution is -2.31. The van der Waals surface area contributed by atoms with Crippen LogP contribution >= 0.6 is 11.3 Å². The number of rotatable bonds is 6. The van der Waals surface area contributed by atoms with Gasteiger partial charge in [-0.25, -0.2) is 19.2 Å². The summed E-state index contributed by atoms with van der Waals surface area (Å²) in [5.41, 5.74) is 0.188. The fraction of sp³-hybridized carbons (Fsp3) is 0.190. The molecular weight excluding hydrogens is 435 g/mol. The summed E-state index contributed by atoms with van der Waals surface area (Å²) in [5.74, 6) is -0.331. The van der Waals surface area contributed by atoms with Gasteiger partial charge in [-0.15, -0.1) is 11.3 Å². The molecule has 0 fully saturated rings. The van der Waals surface area contributed by atoms with Gasteiger partial charge < -0.3 is 4.57 Å². The number of aromatic nitrogens is 6. The summed E-state index contributed by atoms with van der Waals surface area (Å²) < 4.78 is 18.0. The number of aromatic amines is 1. The van der Waals surface area contributed by atoms with Gasteiger partial charge in [0.1, 0.15) is 11.6 Å². The van der Waals surface area contributed by atoms with Gasteiger partial charge in [0, 0.05) is 36.3 Å². The largest absolute Gasteiger partial charge is 0.330 e. The van der Waals surface area contributed by atoms with Crippen molar-refractivity contribution < 1.29 is 9.18 Å². The number of nitrogens with one attached hydrogen (secondary N) is 1. The van der Waals surface area contributed by atoms with Gasteiger partial charge >= 0.3 is 5.69 Å². The van der Waals surface area contributed by atoms with E-state index in [9.17, 15) is 18.8 Å². The maximum absolute atomic E-state index is 13.3. The van der Waals surface area contributed by atoms with Gasteiger partial charge in [-0.05, 0) is 31.2 Å². The summed E-state index contributed by atoms with van der Waals surface area (Å²) in [7, 11) is 0. The standard InChI is InChI=1S/C21H17FN6O3S/c1-2-27-18-17(19(30)25-20(27)31)28(11-15(29)12-3-5-13(22)6-4-12)16(24-18)9-14-10-26-7-8-32-21(26)23-14/h3-8,10H,2,9,11H2,1H3,(H,25,30,31). The maximum Gasteiger partial charge on any atom is 0.330 e. The molecule has 5 aromatic rings. The van der Waals surface area contributed by atoms with Crippen molar-refractivity contribution in [3.8, 4) is 0 Å². The minimum atomic E-state index is -0.619. The van der Waals surface area contributed by atoms with E-state index in [0.717, 1.165) is 4.96 Å². The van der Waals surface area contributed by atoms with Crippen molar-refractivity contribution in [2.75, 3.05) is 0 Å². The Balaban J connectivity index is 1.65. The zero-order chi connectivity index (χ0) is 22.4. The zero-order valence-corrected chi connectivity index (χ0v) is 17.7. The Bertz CT molecular complexity index is 1560. The first-order valence-electron chi connectivity index (χ1n) is 9.86. The van der Waals surface area contributed by atoms with E-state index < -0.39 is 17.1 Å². The first-order chi connectivity index (χ1) is 15.4. The summed E-state index contributed by atoms with van der Waals surface area (Å²) in [6.45, 7) is 1.88. The number of halogens is 1. The monoisotopic (exact) mass is 452 g/mol. The van der Waals surface area contributed by atoms with Crippen LogP contribution in [0.3, 0.4) is 0 Å². The lowest BCUT2D eigenvalue weighted by atomic mass is 10.1. The predicted molar refractivity (Wildman–Crippen MR) is 117 cm³/mol. The Kier molecular flexibility index (Phi) is 4.82. The van der Waals surface area contributed by atoms with Gasteiger partial charge in [0.15, 0.2) is 21.9 Å². The third kappa shape index (κ3) is 3.36. The van der Waals surface area contributed by atoms with Gasteiger partial charge in [-0.2, -0.15) is 0 Å². The molecule has 0 aliphatic heterocycles. The Morgan fingerprint density at radius 1 is 1.16 bits per heavy atom. The minimum absolute atomic E-state index is 0.137. The van der Waals surface area contributed by atoms with Crippen molar-refractivity contribution in [2.24, 2.45) is 0 Å². The smallest absolute Gasteiger partial charge is 0.314 e. The van der Waals surface area contributed by atoms with Gasteiger partial charge in [0.2, 0.25) is 0 Å². The number of Topliss-reactive ketones (excluding diaryl/α,β-unsaturated/α-hetero) is 1. The number of carbonyl (C=O) groups excluding carboxylic acids is 1. The van der Waals surface area contributed by atoms with E-state index in [0.29, 0.717) is 23.6 Å². The number of imidazole rings is 2. The summed E-state index contributed by atoms with van der Waals surface area (Å²) in [6.07, 6.45) is 4.00. The molecule has 32 heavy (non-hydrogen) atoms. The normalized spacial score (nSPS) is 11.6. The number of thiazole rings is 1. The van der Waals surface area contributed by atoms with Crippen LogP contribution < -0.4 is 11.2 Å². The molecule has 1 aromatic carbocycles. The molecule has 11 heteroatoms. The number of aryl methyl sites for hydroxylation is 1. The average molecular weight is 452 g/mol. The molecule has 0 atom stereocenters. The van der Waals surface area contributed by atoms with E-state index in [1.807, 2.05) is 22.2 Å². The number of hydrogen-bond acceptors (Lipinski definition) is 6. The molecule has 0 aliphatic carbocycles. The first kappa shape index (κ1) is 20.1. The lowest BCUT2D eigenvalue weighted by molar-refractivity contribution is 0.0972. The maximum atomic E-state index is 13.3. The van der Waals surface area contributed by atoms with E-state index >= 15 is 0 Å². The highest BCUT2D eigenvalue weighted by Gasteiger charge is 2.21. The SMILES string of the molecule is CCn1c(=O)[nH]c(=O)c2c1nc(Cc1cn3ccsc3n1)n2CC(=O)c1ccc(F)cc1. The topological polar surface area (TPSA) is 107 Å². The molecule has 5 rings (SSSR count). The fourth-order valence-corrected chi connectivity index (χ4v) is 4.43. The van der Waals surface area contributed by atoms with Crippen LogP contribution in [0.1, 0.15) is 28.8 Å². The van der Waals surface area contributed by atoms with Crippen LogP contribution in [-0.2, 0) is 19.5 Å². The second-order valence-electron chi connectivity index (χ2n) is 7.22. The van der Waals surface area contributed by atoms with Crippen LogP contribution in [0.25, 0.3) is 16.1 Å². The van der Waals surface area contributed by atoms with Crippen molar-refractivity contribution in [3.63, 3.8) is 0 Å². The third-order valence-electron chi connectivity index (χ3n) is 5.23. The second-order valence-corrected chi connectivity index (χ2v) is 8.09. The highest BCUT2D eigenvalue weighted by atomic mass is 32.1. The van der Waals surface area contributed by atoms with Crippen LogP contribution in [0.5, 0.6) is 0 Å². The van der Waals surface area contributed by atoms with Crippen molar-refractivity contribution >= 4 is 33.2 Å². The van der Waals surface area contributed by atoms with Gasteiger partial charge in [-0.3, -0.25) is 23.5 Å². The predicted octanol–water partition coefficient (Wildman–Crippen LogP) is 2.23. The van der Waals surface area contributed by atoms with Crippen LogP contribution in [0.2, 0.25) is 0 Å². The van der Waals surface area contributed by atoms with Crippen molar-refractivity contribution in [1.29, 1.82) is 0 Å². The van der Waals surface area contributed by atoms with Gasteiger partial charge in [-0.1, -0.05) is 0 Å². The van der Waals surface area contributed by atoms with E-state index in [1.54, 1.807) is 6.92 Å². The first-order valence-corrected chi connectivity index (χ1v) is 10.7. The molecule has 0 saturated carbocycles. The van der Waals surface area contributed by atoms with E-state index in [2.05, 4.69) is 15.0 Å². The Morgan fingerprint density at radius 3 is 2.66 bits per heavy atom. The number of hydrogen-bond donors (Lipinski definition) is 1. The van der Waals surface area contributed by atoms with Crippen LogP contribution in [-0.4, -0.2) is 34.3 Å². The molecule has 0 radical (unpaired) electrons. The second kappa shape index (κ2) is 7.68. The highest BCUT2D eigenvalue weighted by Crippen LogP contribution is 2.18. The van der Waals surface area contributed by atoms with E-state index in [-0.39, 0.29) is 29.9 Å². The molecule has 0 amide bonds. The minimum Gasteiger partial charge on any atom is -0.314 e. The van der Waals surface area contributed by atoms with Gasteiger partial charge in [0.05, 0.1) is 12.2 Å². The Labute approximate surface area is 183 Å². The Hall–Kier alpha value is -3.86. The molecule has 9 nitrogen and oxygen atoms in total. The van der Waals surface area contributed by atoms with E-state index in [1.165, 1.54) is 44.7 Å². The molecule has 162 valence electrons. The number of fused-ring (bicyclic) bond motifs is 2. The number of benzene rings is 1. The number of carbonyl (C=O) groups is 1. The third-order valence-corrected chi connectivity index (χ3v) is 6.00. The molecular formula is C21H17FN6O3S. The van der Waals surface area contributed by atoms with Crippen molar-refractivity contribution in [2.45, 2.75) is 26.4 Å². The average Bonchev–Trinajstić information content (AvgIpc) is 3.43. The van der Waals surface area contributed by atoms with Crippen molar-refractivity contribution in [1.82, 2.24) is 28.5 Å². The zero-order valence-electron chi connectivity index (χ0n) is 16.9. The highest BCUT2D eigenvalue weighted by molar-refractivity contribution is 7.15. The van der Waals surface area contributed by atoms with Crippen molar-refractivity contribution in [3.05, 3.63) is 85.8 Å². The Morgan fingerprint density at radius 2 is 1.94 bits per heavy atom. The molecule has 0 bridgehead atoms. The summed E-state index contributed by atoms with van der Waals surface area (Å²) in [6, 6.07) is 5.21. The fourth-order valence-electron chi connectivity index (χ4n) is 3.71. The molecule has 0 saturated heterocycles. The van der Waals surface area contributed by atoms with Crippen LogP contribution in [0.4, 0.5) is 4.39 Å². The summed E-state index contributed by atoms with van der Waals surface area (Å²) in [5, 5.41) is 1.92. The molecule has 1 N–H and O–H groups in total. The molecule has 4 aromatic heterocycles. The summed E-state index contributed by atoms with van der Waals surface area (Å²) in [4.78, 5) is 50.1. The number of nitrogens with zero attached hydrogens (tertiary/aromatic N) is 5. The lowest BCUT2D eigenvalue weighted by Gasteiger charge is -2.08. The summed E-state index contributed by atoms with van der Waals surface area (Å²) >= 11 is 1.49. The molecule has 0 spiro atoms. The molecule has 0 aliphatic rings. The number of ketones is 1. The van der Waals surface area contributed by atoms with Crippen LogP contribution in [0, 0.1) is 5.82 Å². The molecule has 4 heterocycles. The van der Waals surface area contributed by atoms with Gasteiger partial charge in [0.25, 0.3) is 5.56 Å². The van der Waals surface area contributed by atoms with Crippen LogP contribution in [0.15, 0.2) is 51.6 Å². The van der Waals surface area contributed by atoms with E-state index in [4.69, 9.17) is 0 Å². The number of H-pyrrole nitrogens is 1.